The van der Waals surface area contributed by atoms with Crippen LogP contribution >= 0.6 is 23.4 Å². The summed E-state index contributed by atoms with van der Waals surface area (Å²) in [6, 6.07) is 19.4. The van der Waals surface area contributed by atoms with Crippen LogP contribution < -0.4 is 10.6 Å². The van der Waals surface area contributed by atoms with Gasteiger partial charge in [-0.25, -0.2) is 0 Å². The number of carbonyl (C=O) groups excluding carboxylic acids is 2. The fourth-order valence-corrected chi connectivity index (χ4v) is 3.69. The van der Waals surface area contributed by atoms with Crippen molar-refractivity contribution in [2.75, 3.05) is 16.4 Å². The number of rotatable bonds is 7. The standard InChI is InChI=1S/C23H18ClF3N2O2S/c24-16-6-11-20(19(13-16)23(25,26)27)29-22(31)14-32-18-9-7-17(8-10-18)28-21(30)12-15-4-2-1-3-5-15/h1-11,13H,12,14H2,(H,28,30)(H,29,31). The zero-order valence-corrected chi connectivity index (χ0v) is 18.2. The van der Waals surface area contributed by atoms with E-state index in [0.717, 1.165) is 34.4 Å². The minimum atomic E-state index is -4.64. The van der Waals surface area contributed by atoms with Crippen molar-refractivity contribution in [2.24, 2.45) is 0 Å². The molecule has 0 unspecified atom stereocenters. The molecule has 0 atom stereocenters. The molecule has 2 N–H and O–H groups in total. The average Bonchev–Trinajstić information content (AvgIpc) is 2.74. The highest BCUT2D eigenvalue weighted by Crippen LogP contribution is 2.36. The Morgan fingerprint density at radius 1 is 0.875 bits per heavy atom. The summed E-state index contributed by atoms with van der Waals surface area (Å²) in [5, 5.41) is 5.01. The number of hydrogen-bond acceptors (Lipinski definition) is 3. The number of anilines is 2. The van der Waals surface area contributed by atoms with Gasteiger partial charge < -0.3 is 10.6 Å². The fraction of sp³-hybridized carbons (Fsp3) is 0.130. The number of thioether (sulfide) groups is 1. The van der Waals surface area contributed by atoms with Crippen LogP contribution in [0.3, 0.4) is 0 Å². The highest BCUT2D eigenvalue weighted by Gasteiger charge is 2.34. The van der Waals surface area contributed by atoms with Gasteiger partial charge in [-0.2, -0.15) is 13.2 Å². The summed E-state index contributed by atoms with van der Waals surface area (Å²) in [7, 11) is 0. The van der Waals surface area contributed by atoms with Gasteiger partial charge >= 0.3 is 6.18 Å². The van der Waals surface area contributed by atoms with Gasteiger partial charge in [0.05, 0.1) is 23.4 Å². The first-order valence-electron chi connectivity index (χ1n) is 9.44. The Kier molecular flexibility index (Phi) is 7.82. The quantitative estimate of drug-likeness (QED) is 0.393. The van der Waals surface area contributed by atoms with Crippen molar-refractivity contribution in [1.29, 1.82) is 0 Å². The lowest BCUT2D eigenvalue weighted by Crippen LogP contribution is -2.18. The summed E-state index contributed by atoms with van der Waals surface area (Å²) < 4.78 is 39.4. The SMILES string of the molecule is O=C(Cc1ccccc1)Nc1ccc(SCC(=O)Nc2ccc(Cl)cc2C(F)(F)F)cc1. The average molecular weight is 479 g/mol. The maximum Gasteiger partial charge on any atom is 0.418 e. The van der Waals surface area contributed by atoms with Gasteiger partial charge in [0.25, 0.3) is 0 Å². The third kappa shape index (κ3) is 7.03. The molecule has 9 heteroatoms. The molecule has 0 saturated heterocycles. The van der Waals surface area contributed by atoms with E-state index >= 15 is 0 Å². The molecule has 0 aromatic heterocycles. The normalized spacial score (nSPS) is 11.1. The molecule has 0 heterocycles. The van der Waals surface area contributed by atoms with Gasteiger partial charge in [0.2, 0.25) is 11.8 Å². The topological polar surface area (TPSA) is 58.2 Å². The van der Waals surface area contributed by atoms with E-state index in [1.165, 1.54) is 6.07 Å². The Hall–Kier alpha value is -2.97. The number of amides is 2. The van der Waals surface area contributed by atoms with Gasteiger partial charge in [-0.15, -0.1) is 11.8 Å². The van der Waals surface area contributed by atoms with Crippen LogP contribution in [0, 0.1) is 0 Å². The number of hydrogen-bond donors (Lipinski definition) is 2. The van der Waals surface area contributed by atoms with Crippen molar-refractivity contribution in [3.8, 4) is 0 Å². The van der Waals surface area contributed by atoms with E-state index in [1.807, 2.05) is 30.3 Å². The lowest BCUT2D eigenvalue weighted by Gasteiger charge is -2.14. The Morgan fingerprint density at radius 2 is 1.56 bits per heavy atom. The summed E-state index contributed by atoms with van der Waals surface area (Å²) in [6.07, 6.45) is -4.39. The van der Waals surface area contributed by atoms with Crippen LogP contribution in [-0.4, -0.2) is 17.6 Å². The van der Waals surface area contributed by atoms with E-state index in [9.17, 15) is 22.8 Å². The number of carbonyl (C=O) groups is 2. The van der Waals surface area contributed by atoms with Crippen LogP contribution in [0.5, 0.6) is 0 Å². The van der Waals surface area contributed by atoms with E-state index in [-0.39, 0.29) is 28.8 Å². The fourth-order valence-electron chi connectivity index (χ4n) is 2.82. The van der Waals surface area contributed by atoms with E-state index < -0.39 is 17.6 Å². The van der Waals surface area contributed by atoms with Gasteiger partial charge in [0, 0.05) is 15.6 Å². The van der Waals surface area contributed by atoms with Crippen molar-refractivity contribution in [3.63, 3.8) is 0 Å². The molecule has 3 rings (SSSR count). The van der Waals surface area contributed by atoms with Crippen LogP contribution in [-0.2, 0) is 22.2 Å². The largest absolute Gasteiger partial charge is 0.418 e. The van der Waals surface area contributed by atoms with Crippen molar-refractivity contribution >= 4 is 46.6 Å². The molecular formula is C23H18ClF3N2O2S. The van der Waals surface area contributed by atoms with Gasteiger partial charge in [-0.3, -0.25) is 9.59 Å². The molecule has 0 saturated carbocycles. The summed E-state index contributed by atoms with van der Waals surface area (Å²) in [4.78, 5) is 25.0. The van der Waals surface area contributed by atoms with Crippen molar-refractivity contribution in [1.82, 2.24) is 0 Å². The number of alkyl halides is 3. The second-order valence-electron chi connectivity index (χ2n) is 6.76. The van der Waals surface area contributed by atoms with E-state index in [4.69, 9.17) is 11.6 Å². The van der Waals surface area contributed by atoms with Crippen LogP contribution in [0.2, 0.25) is 5.02 Å². The van der Waals surface area contributed by atoms with Crippen molar-refractivity contribution in [3.05, 3.63) is 88.9 Å². The Labute approximate surface area is 192 Å². The van der Waals surface area contributed by atoms with Crippen molar-refractivity contribution < 1.29 is 22.8 Å². The lowest BCUT2D eigenvalue weighted by atomic mass is 10.1. The summed E-state index contributed by atoms with van der Waals surface area (Å²) in [5.41, 5.74) is 0.163. The second-order valence-corrected chi connectivity index (χ2v) is 8.24. The molecule has 3 aromatic rings. The zero-order chi connectivity index (χ0) is 23.1. The van der Waals surface area contributed by atoms with Crippen LogP contribution in [0.25, 0.3) is 0 Å². The maximum absolute atomic E-state index is 13.1. The molecule has 0 spiro atoms. The molecule has 0 aliphatic rings. The third-order valence-electron chi connectivity index (χ3n) is 4.28. The molecule has 0 bridgehead atoms. The molecule has 4 nitrogen and oxygen atoms in total. The van der Waals surface area contributed by atoms with Crippen LogP contribution in [0.15, 0.2) is 77.7 Å². The molecule has 2 amide bonds. The van der Waals surface area contributed by atoms with Crippen LogP contribution in [0.1, 0.15) is 11.1 Å². The molecule has 0 fully saturated rings. The molecule has 166 valence electrons. The predicted molar refractivity (Wildman–Crippen MR) is 121 cm³/mol. The molecule has 0 aliphatic carbocycles. The molecule has 0 radical (unpaired) electrons. The van der Waals surface area contributed by atoms with Gasteiger partial charge in [-0.1, -0.05) is 41.9 Å². The molecular weight excluding hydrogens is 461 g/mol. The monoisotopic (exact) mass is 478 g/mol. The van der Waals surface area contributed by atoms with Gasteiger partial charge in [0.15, 0.2) is 0 Å². The Balaban J connectivity index is 1.52. The highest BCUT2D eigenvalue weighted by molar-refractivity contribution is 8.00. The third-order valence-corrected chi connectivity index (χ3v) is 5.52. The smallest absolute Gasteiger partial charge is 0.326 e. The highest BCUT2D eigenvalue weighted by atomic mass is 35.5. The lowest BCUT2D eigenvalue weighted by molar-refractivity contribution is -0.137. The van der Waals surface area contributed by atoms with E-state index in [0.29, 0.717) is 5.69 Å². The second kappa shape index (κ2) is 10.6. The van der Waals surface area contributed by atoms with E-state index in [1.54, 1.807) is 24.3 Å². The van der Waals surface area contributed by atoms with Crippen LogP contribution in [0.4, 0.5) is 24.5 Å². The first-order valence-corrected chi connectivity index (χ1v) is 10.8. The summed E-state index contributed by atoms with van der Waals surface area (Å²) in [6.45, 7) is 0. The summed E-state index contributed by atoms with van der Waals surface area (Å²) in [5.74, 6) is -0.818. The first kappa shape index (κ1) is 23.7. The van der Waals surface area contributed by atoms with Gasteiger partial charge in [0.1, 0.15) is 0 Å². The Bertz CT molecular complexity index is 1090. The number of halogens is 4. The molecule has 32 heavy (non-hydrogen) atoms. The Morgan fingerprint density at radius 3 is 2.22 bits per heavy atom. The zero-order valence-electron chi connectivity index (χ0n) is 16.6. The minimum absolute atomic E-state index is 0.0688. The van der Waals surface area contributed by atoms with Gasteiger partial charge in [-0.05, 0) is 48.0 Å². The number of nitrogens with one attached hydrogen (secondary N) is 2. The predicted octanol–water partition coefficient (Wildman–Crippen LogP) is 6.27. The first-order chi connectivity index (χ1) is 15.2. The van der Waals surface area contributed by atoms with E-state index in [2.05, 4.69) is 10.6 Å². The summed E-state index contributed by atoms with van der Waals surface area (Å²) >= 11 is 6.80. The molecule has 0 aliphatic heterocycles. The van der Waals surface area contributed by atoms with Crippen molar-refractivity contribution in [2.45, 2.75) is 17.5 Å². The maximum atomic E-state index is 13.1. The molecule has 3 aromatic carbocycles. The number of benzene rings is 3. The minimum Gasteiger partial charge on any atom is -0.326 e.